The highest BCUT2D eigenvalue weighted by molar-refractivity contribution is 8.00. The van der Waals surface area contributed by atoms with Crippen molar-refractivity contribution < 1.29 is 4.79 Å². The van der Waals surface area contributed by atoms with Gasteiger partial charge in [0.1, 0.15) is 5.69 Å². The van der Waals surface area contributed by atoms with Crippen molar-refractivity contribution in [3.63, 3.8) is 0 Å². The first-order chi connectivity index (χ1) is 9.06. The van der Waals surface area contributed by atoms with Gasteiger partial charge >= 0.3 is 0 Å². The van der Waals surface area contributed by atoms with E-state index in [0.717, 1.165) is 6.54 Å². The van der Waals surface area contributed by atoms with E-state index in [1.54, 1.807) is 16.8 Å². The number of nitrogen functional groups attached to an aromatic ring is 1. The van der Waals surface area contributed by atoms with Crippen LogP contribution in [0.2, 0.25) is 0 Å². The van der Waals surface area contributed by atoms with E-state index < -0.39 is 0 Å². The normalized spacial score (nSPS) is 18.2. The molecular formula is C14H23N3OS. The lowest BCUT2D eigenvalue weighted by atomic mass is 9.88. The SMILES string of the molecule is CSC1(CNC(=O)c2cc(N)cn2C)CCCCC1. The van der Waals surface area contributed by atoms with Crippen molar-refractivity contribution in [2.24, 2.45) is 7.05 Å². The monoisotopic (exact) mass is 281 g/mol. The van der Waals surface area contributed by atoms with Crippen LogP contribution >= 0.6 is 11.8 Å². The van der Waals surface area contributed by atoms with Crippen molar-refractivity contribution in [1.29, 1.82) is 0 Å². The third kappa shape index (κ3) is 3.26. The molecule has 1 fully saturated rings. The first kappa shape index (κ1) is 14.3. The van der Waals surface area contributed by atoms with Crippen molar-refractivity contribution in [1.82, 2.24) is 9.88 Å². The highest BCUT2D eigenvalue weighted by Gasteiger charge is 2.31. The third-order valence-corrected chi connectivity index (χ3v) is 5.45. The smallest absolute Gasteiger partial charge is 0.268 e. The Morgan fingerprint density at radius 3 is 2.68 bits per heavy atom. The number of nitrogens with two attached hydrogens (primary N) is 1. The predicted molar refractivity (Wildman–Crippen MR) is 81.5 cm³/mol. The van der Waals surface area contributed by atoms with Crippen LogP contribution < -0.4 is 11.1 Å². The fourth-order valence-electron chi connectivity index (χ4n) is 2.80. The molecule has 0 atom stereocenters. The van der Waals surface area contributed by atoms with Gasteiger partial charge in [0, 0.05) is 24.5 Å². The van der Waals surface area contributed by atoms with Gasteiger partial charge in [0.2, 0.25) is 0 Å². The van der Waals surface area contributed by atoms with Gasteiger partial charge in [0.15, 0.2) is 0 Å². The second-order valence-corrected chi connectivity index (χ2v) is 6.67. The number of aromatic nitrogens is 1. The second kappa shape index (κ2) is 5.90. The molecule has 0 radical (unpaired) electrons. The van der Waals surface area contributed by atoms with Gasteiger partial charge in [-0.2, -0.15) is 11.8 Å². The van der Waals surface area contributed by atoms with Crippen LogP contribution in [0.3, 0.4) is 0 Å². The van der Waals surface area contributed by atoms with Gasteiger partial charge in [0.25, 0.3) is 5.91 Å². The molecule has 0 aliphatic heterocycles. The number of thioether (sulfide) groups is 1. The number of aryl methyl sites for hydroxylation is 1. The summed E-state index contributed by atoms with van der Waals surface area (Å²) in [6, 6.07) is 1.72. The summed E-state index contributed by atoms with van der Waals surface area (Å²) >= 11 is 1.89. The molecule has 0 aromatic carbocycles. The van der Waals surface area contributed by atoms with Gasteiger partial charge in [-0.3, -0.25) is 4.79 Å². The molecule has 106 valence electrons. The largest absolute Gasteiger partial charge is 0.397 e. The molecule has 0 bridgehead atoms. The summed E-state index contributed by atoms with van der Waals surface area (Å²) in [6.07, 6.45) is 10.2. The first-order valence-electron chi connectivity index (χ1n) is 6.81. The molecule has 0 spiro atoms. The zero-order chi connectivity index (χ0) is 13.9. The Balaban J connectivity index is 1.97. The lowest BCUT2D eigenvalue weighted by Gasteiger charge is -2.35. The highest BCUT2D eigenvalue weighted by Crippen LogP contribution is 2.37. The maximum atomic E-state index is 12.2. The number of anilines is 1. The highest BCUT2D eigenvalue weighted by atomic mass is 32.2. The summed E-state index contributed by atoms with van der Waals surface area (Å²) in [7, 11) is 1.84. The molecule has 1 saturated carbocycles. The lowest BCUT2D eigenvalue weighted by Crippen LogP contribution is -2.42. The topological polar surface area (TPSA) is 60.1 Å². The van der Waals surface area contributed by atoms with Gasteiger partial charge in [0.05, 0.1) is 5.69 Å². The lowest BCUT2D eigenvalue weighted by molar-refractivity contribution is 0.0939. The number of nitrogens with one attached hydrogen (secondary N) is 1. The molecule has 1 aliphatic carbocycles. The van der Waals surface area contributed by atoms with Crippen LogP contribution in [0.5, 0.6) is 0 Å². The van der Waals surface area contributed by atoms with Crippen molar-refractivity contribution in [3.05, 3.63) is 18.0 Å². The van der Waals surface area contributed by atoms with E-state index in [0.29, 0.717) is 11.4 Å². The van der Waals surface area contributed by atoms with Crippen LogP contribution in [0.4, 0.5) is 5.69 Å². The van der Waals surface area contributed by atoms with E-state index in [4.69, 9.17) is 5.73 Å². The Morgan fingerprint density at radius 2 is 2.16 bits per heavy atom. The minimum atomic E-state index is -0.0294. The minimum absolute atomic E-state index is 0.0294. The Morgan fingerprint density at radius 1 is 1.47 bits per heavy atom. The molecule has 5 heteroatoms. The van der Waals surface area contributed by atoms with E-state index in [2.05, 4.69) is 11.6 Å². The number of hydrogen-bond acceptors (Lipinski definition) is 3. The third-order valence-electron chi connectivity index (χ3n) is 4.03. The summed E-state index contributed by atoms with van der Waals surface area (Å²) in [4.78, 5) is 12.2. The molecule has 19 heavy (non-hydrogen) atoms. The van der Waals surface area contributed by atoms with Crippen LogP contribution in [0, 0.1) is 0 Å². The maximum Gasteiger partial charge on any atom is 0.268 e. The molecule has 0 saturated heterocycles. The molecule has 3 N–H and O–H groups in total. The first-order valence-corrected chi connectivity index (χ1v) is 8.04. The number of nitrogens with zero attached hydrogens (tertiary/aromatic N) is 1. The fourth-order valence-corrected chi connectivity index (χ4v) is 3.71. The Kier molecular flexibility index (Phi) is 4.45. The molecular weight excluding hydrogens is 258 g/mol. The average Bonchev–Trinajstić information content (AvgIpc) is 2.76. The Bertz CT molecular complexity index is 450. The maximum absolute atomic E-state index is 12.2. The zero-order valence-corrected chi connectivity index (χ0v) is 12.6. The summed E-state index contributed by atoms with van der Waals surface area (Å²) in [5.74, 6) is -0.0294. The summed E-state index contributed by atoms with van der Waals surface area (Å²) in [6.45, 7) is 0.748. The molecule has 4 nitrogen and oxygen atoms in total. The van der Waals surface area contributed by atoms with Crippen molar-refractivity contribution >= 4 is 23.4 Å². The summed E-state index contributed by atoms with van der Waals surface area (Å²) in [5.41, 5.74) is 6.96. The van der Waals surface area contributed by atoms with Gasteiger partial charge < -0.3 is 15.6 Å². The number of carbonyl (C=O) groups excluding carboxylic acids is 1. The van der Waals surface area contributed by atoms with Crippen LogP contribution in [0.1, 0.15) is 42.6 Å². The van der Waals surface area contributed by atoms with E-state index in [1.807, 2.05) is 18.8 Å². The second-order valence-electron chi connectivity index (χ2n) is 5.40. The molecule has 1 aromatic heterocycles. The van der Waals surface area contributed by atoms with E-state index in [1.165, 1.54) is 32.1 Å². The van der Waals surface area contributed by atoms with Crippen LogP contribution in [-0.2, 0) is 7.05 Å². The molecule has 1 aliphatic rings. The quantitative estimate of drug-likeness (QED) is 0.891. The standard InChI is InChI=1S/C14H23N3OS/c1-17-9-11(15)8-12(17)13(18)16-10-14(19-2)6-4-3-5-7-14/h8-9H,3-7,10,15H2,1-2H3,(H,16,18). The van der Waals surface area contributed by atoms with Crippen LogP contribution in [-0.4, -0.2) is 28.0 Å². The molecule has 0 unspecified atom stereocenters. The average molecular weight is 281 g/mol. The Hall–Kier alpha value is -1.10. The summed E-state index contributed by atoms with van der Waals surface area (Å²) < 4.78 is 2.00. The van der Waals surface area contributed by atoms with Gasteiger partial charge in [-0.15, -0.1) is 0 Å². The van der Waals surface area contributed by atoms with Crippen LogP contribution in [0.15, 0.2) is 12.3 Å². The number of rotatable bonds is 4. The van der Waals surface area contributed by atoms with E-state index in [-0.39, 0.29) is 10.7 Å². The number of amides is 1. The molecule has 1 aromatic rings. The molecule has 1 amide bonds. The predicted octanol–water partition coefficient (Wildman–Crippen LogP) is 2.40. The van der Waals surface area contributed by atoms with Gasteiger partial charge in [-0.05, 0) is 25.2 Å². The molecule has 1 heterocycles. The van der Waals surface area contributed by atoms with Crippen molar-refractivity contribution in [2.75, 3.05) is 18.5 Å². The minimum Gasteiger partial charge on any atom is -0.397 e. The number of hydrogen-bond donors (Lipinski definition) is 2. The van der Waals surface area contributed by atoms with E-state index in [9.17, 15) is 4.79 Å². The number of carbonyl (C=O) groups is 1. The summed E-state index contributed by atoms with van der Waals surface area (Å²) in [5, 5.41) is 3.08. The molecule has 2 rings (SSSR count). The fraction of sp³-hybridized carbons (Fsp3) is 0.643. The zero-order valence-electron chi connectivity index (χ0n) is 11.7. The van der Waals surface area contributed by atoms with Crippen molar-refractivity contribution in [3.8, 4) is 0 Å². The van der Waals surface area contributed by atoms with Crippen LogP contribution in [0.25, 0.3) is 0 Å². The Labute approximate surface area is 119 Å². The van der Waals surface area contributed by atoms with Gasteiger partial charge in [-0.1, -0.05) is 19.3 Å². The van der Waals surface area contributed by atoms with Crippen molar-refractivity contribution in [2.45, 2.75) is 36.9 Å². The van der Waals surface area contributed by atoms with Gasteiger partial charge in [-0.25, -0.2) is 0 Å². The van der Waals surface area contributed by atoms with E-state index >= 15 is 0 Å².